The molecule has 2 aliphatic rings. The fourth-order valence-corrected chi connectivity index (χ4v) is 4.70. The molecule has 2 aromatic rings. The minimum atomic E-state index is -4.38. The van der Waals surface area contributed by atoms with Crippen LogP contribution in [0.1, 0.15) is 42.5 Å². The molecule has 0 radical (unpaired) electrons. The molecule has 29 heavy (non-hydrogen) atoms. The molecule has 1 fully saturated rings. The van der Waals surface area contributed by atoms with Gasteiger partial charge in [0.1, 0.15) is 0 Å². The fraction of sp³-hybridized carbons (Fsp3) is 0.318. The molecule has 1 saturated carbocycles. The van der Waals surface area contributed by atoms with E-state index in [4.69, 9.17) is 0 Å². The second-order valence-electron chi connectivity index (χ2n) is 7.78. The first-order valence-corrected chi connectivity index (χ1v) is 11.3. The Kier molecular flexibility index (Phi) is 4.69. The van der Waals surface area contributed by atoms with Crippen molar-refractivity contribution >= 4 is 21.0 Å². The van der Waals surface area contributed by atoms with E-state index >= 15 is 0 Å². The molecule has 1 aromatic heterocycles. The maximum atomic E-state index is 12.9. The molecule has 0 unspecified atom stereocenters. The predicted octanol–water partition coefficient (Wildman–Crippen LogP) is 5.54. The Hall–Kier alpha value is -2.41. The monoisotopic (exact) mass is 419 g/mol. The summed E-state index contributed by atoms with van der Waals surface area (Å²) in [4.78, 5) is 4.48. The Morgan fingerprint density at radius 1 is 0.931 bits per heavy atom. The van der Waals surface area contributed by atoms with E-state index in [1.807, 2.05) is 0 Å². The van der Waals surface area contributed by atoms with Crippen molar-refractivity contribution in [1.29, 1.82) is 0 Å². The zero-order valence-electron chi connectivity index (χ0n) is 15.8. The normalized spacial score (nSPS) is 18.8. The van der Waals surface area contributed by atoms with Crippen molar-refractivity contribution in [3.8, 4) is 0 Å². The zero-order chi connectivity index (χ0) is 20.9. The summed E-state index contributed by atoms with van der Waals surface area (Å²) in [6.45, 7) is 0. The van der Waals surface area contributed by atoms with Crippen LogP contribution in [-0.4, -0.2) is 19.7 Å². The topological polar surface area (TPSA) is 47.0 Å². The molecule has 0 amide bonds. The lowest BCUT2D eigenvalue weighted by Gasteiger charge is -2.16. The van der Waals surface area contributed by atoms with Crippen LogP contribution in [0.2, 0.25) is 0 Å². The summed E-state index contributed by atoms with van der Waals surface area (Å²) >= 11 is 0. The van der Waals surface area contributed by atoms with Crippen LogP contribution in [0.5, 0.6) is 0 Å². The van der Waals surface area contributed by atoms with Crippen LogP contribution in [0, 0.1) is 5.41 Å². The van der Waals surface area contributed by atoms with E-state index in [1.54, 1.807) is 6.07 Å². The van der Waals surface area contributed by atoms with E-state index in [2.05, 4.69) is 17.1 Å². The summed E-state index contributed by atoms with van der Waals surface area (Å²) in [5.74, 6) is 0. The average molecular weight is 419 g/mol. The van der Waals surface area contributed by atoms with Gasteiger partial charge in [0.25, 0.3) is 0 Å². The maximum absolute atomic E-state index is 12.9. The van der Waals surface area contributed by atoms with Gasteiger partial charge in [0.05, 0.1) is 16.2 Å². The Bertz CT molecular complexity index is 1090. The van der Waals surface area contributed by atoms with E-state index in [9.17, 15) is 21.6 Å². The Balaban J connectivity index is 1.76. The molecule has 0 N–H and O–H groups in total. The number of benzene rings is 1. The SMILES string of the molecule is CS(=O)(=O)c1ccc(C2=CC3(C=C2c2ccc(C(F)(F)F)cc2)CCCC3)nc1. The molecule has 0 bridgehead atoms. The number of pyridine rings is 1. The van der Waals surface area contributed by atoms with Crippen molar-refractivity contribution in [2.24, 2.45) is 5.41 Å². The molecule has 2 aliphatic carbocycles. The maximum Gasteiger partial charge on any atom is 0.416 e. The van der Waals surface area contributed by atoms with Gasteiger partial charge in [0.15, 0.2) is 9.84 Å². The van der Waals surface area contributed by atoms with Gasteiger partial charge in [-0.05, 0) is 48.2 Å². The van der Waals surface area contributed by atoms with E-state index in [-0.39, 0.29) is 10.3 Å². The molecular weight excluding hydrogens is 399 g/mol. The van der Waals surface area contributed by atoms with Gasteiger partial charge >= 0.3 is 6.18 Å². The first kappa shape index (κ1) is 19.9. The smallest absolute Gasteiger partial charge is 0.255 e. The van der Waals surface area contributed by atoms with Crippen LogP contribution in [0.3, 0.4) is 0 Å². The molecular formula is C22H20F3NO2S. The number of hydrogen-bond donors (Lipinski definition) is 0. The molecule has 3 nitrogen and oxygen atoms in total. The van der Waals surface area contributed by atoms with Crippen LogP contribution in [-0.2, 0) is 16.0 Å². The second-order valence-corrected chi connectivity index (χ2v) is 9.80. The lowest BCUT2D eigenvalue weighted by atomic mass is 9.88. The molecule has 1 spiro atoms. The summed E-state index contributed by atoms with van der Waals surface area (Å²) in [5.41, 5.74) is 2.21. The number of rotatable bonds is 3. The number of allylic oxidation sites excluding steroid dienone is 4. The first-order chi connectivity index (χ1) is 13.6. The van der Waals surface area contributed by atoms with Gasteiger partial charge in [-0.15, -0.1) is 0 Å². The summed E-state index contributed by atoms with van der Waals surface area (Å²) in [5, 5.41) is 0. The van der Waals surface area contributed by atoms with Crippen molar-refractivity contribution in [2.75, 3.05) is 6.26 Å². The number of hydrogen-bond acceptors (Lipinski definition) is 3. The van der Waals surface area contributed by atoms with Gasteiger partial charge < -0.3 is 0 Å². The molecule has 0 atom stereocenters. The van der Waals surface area contributed by atoms with Gasteiger partial charge in [0.2, 0.25) is 0 Å². The highest BCUT2D eigenvalue weighted by Gasteiger charge is 2.37. The summed E-state index contributed by atoms with van der Waals surface area (Å²) in [6, 6.07) is 8.33. The van der Waals surface area contributed by atoms with Crippen molar-refractivity contribution in [3.05, 3.63) is 71.6 Å². The van der Waals surface area contributed by atoms with Crippen LogP contribution < -0.4 is 0 Å². The van der Waals surface area contributed by atoms with Crippen LogP contribution in [0.15, 0.2) is 59.6 Å². The van der Waals surface area contributed by atoms with Crippen molar-refractivity contribution in [2.45, 2.75) is 36.8 Å². The third kappa shape index (κ3) is 3.88. The van der Waals surface area contributed by atoms with E-state index in [0.29, 0.717) is 11.3 Å². The quantitative estimate of drug-likeness (QED) is 0.656. The van der Waals surface area contributed by atoms with E-state index in [1.165, 1.54) is 24.4 Å². The largest absolute Gasteiger partial charge is 0.416 e. The van der Waals surface area contributed by atoms with Gasteiger partial charge in [-0.2, -0.15) is 13.2 Å². The minimum absolute atomic E-state index is 0.107. The van der Waals surface area contributed by atoms with Crippen LogP contribution in [0.4, 0.5) is 13.2 Å². The van der Waals surface area contributed by atoms with Crippen molar-refractivity contribution in [3.63, 3.8) is 0 Å². The Morgan fingerprint density at radius 2 is 1.55 bits per heavy atom. The van der Waals surface area contributed by atoms with E-state index in [0.717, 1.165) is 55.2 Å². The molecule has 4 rings (SSSR count). The second kappa shape index (κ2) is 6.83. The number of halogens is 3. The average Bonchev–Trinajstić information content (AvgIpc) is 3.28. The summed E-state index contributed by atoms with van der Waals surface area (Å²) in [6.07, 6.45) is 6.54. The van der Waals surface area contributed by atoms with Gasteiger partial charge in [-0.3, -0.25) is 4.98 Å². The fourth-order valence-electron chi connectivity index (χ4n) is 4.14. The zero-order valence-corrected chi connectivity index (χ0v) is 16.6. The van der Waals surface area contributed by atoms with Crippen LogP contribution in [0.25, 0.3) is 11.1 Å². The highest BCUT2D eigenvalue weighted by atomic mass is 32.2. The number of sulfone groups is 1. The lowest BCUT2D eigenvalue weighted by Crippen LogP contribution is -2.06. The Morgan fingerprint density at radius 3 is 2.07 bits per heavy atom. The Labute approximate surface area is 167 Å². The molecule has 0 aliphatic heterocycles. The number of aromatic nitrogens is 1. The van der Waals surface area contributed by atoms with Gasteiger partial charge in [-0.1, -0.05) is 37.1 Å². The highest BCUT2D eigenvalue weighted by molar-refractivity contribution is 7.90. The first-order valence-electron chi connectivity index (χ1n) is 9.38. The summed E-state index contributed by atoms with van der Waals surface area (Å²) in [7, 11) is -3.35. The predicted molar refractivity (Wildman–Crippen MR) is 106 cm³/mol. The number of nitrogens with zero attached hydrogens (tertiary/aromatic N) is 1. The lowest BCUT2D eigenvalue weighted by molar-refractivity contribution is -0.137. The van der Waals surface area contributed by atoms with Gasteiger partial charge in [0, 0.05) is 23.4 Å². The van der Waals surface area contributed by atoms with Crippen LogP contribution >= 0.6 is 0 Å². The standard InChI is InChI=1S/C22H20F3NO2S/c1-29(27,28)17-8-9-20(26-14-17)19-13-21(10-2-3-11-21)12-18(19)15-4-6-16(7-5-15)22(23,24)25/h4-9,12-14H,2-3,10-11H2,1H3. The molecule has 0 saturated heterocycles. The number of alkyl halides is 3. The molecule has 1 aromatic carbocycles. The highest BCUT2D eigenvalue weighted by Crippen LogP contribution is 2.51. The summed E-state index contributed by atoms with van der Waals surface area (Å²) < 4.78 is 62.2. The third-order valence-corrected chi connectivity index (χ3v) is 6.75. The van der Waals surface area contributed by atoms with Crippen molar-refractivity contribution < 1.29 is 21.6 Å². The molecule has 1 heterocycles. The molecule has 152 valence electrons. The molecule has 7 heteroatoms. The van der Waals surface area contributed by atoms with Crippen molar-refractivity contribution in [1.82, 2.24) is 4.98 Å². The third-order valence-electron chi connectivity index (χ3n) is 5.65. The van der Waals surface area contributed by atoms with Gasteiger partial charge in [-0.25, -0.2) is 8.42 Å². The minimum Gasteiger partial charge on any atom is -0.255 e. The van der Waals surface area contributed by atoms with E-state index < -0.39 is 21.6 Å².